The molecule has 0 aliphatic heterocycles. The molecular formula is C14H8F3N3OS. The normalized spacial score (nSPS) is 12.5. The van der Waals surface area contributed by atoms with Crippen molar-refractivity contribution in [3.8, 4) is 5.75 Å². The number of thiazole rings is 1. The van der Waals surface area contributed by atoms with Crippen molar-refractivity contribution < 1.29 is 17.9 Å². The first-order chi connectivity index (χ1) is 10.5. The molecule has 0 amide bonds. The van der Waals surface area contributed by atoms with Gasteiger partial charge < -0.3 is 4.74 Å². The fourth-order valence-electron chi connectivity index (χ4n) is 2.38. The molecule has 0 aliphatic carbocycles. The summed E-state index contributed by atoms with van der Waals surface area (Å²) in [7, 11) is 1.54. The Bertz CT molecular complexity index is 1020. The molecule has 4 rings (SSSR count). The van der Waals surface area contributed by atoms with Gasteiger partial charge in [-0.1, -0.05) is 11.3 Å². The van der Waals surface area contributed by atoms with Crippen LogP contribution in [0.4, 0.5) is 13.2 Å². The lowest BCUT2D eigenvalue weighted by atomic mass is 10.2. The average molecular weight is 323 g/mol. The molecule has 0 aliphatic rings. The van der Waals surface area contributed by atoms with Gasteiger partial charge in [-0.25, -0.2) is 9.97 Å². The molecule has 0 saturated heterocycles. The third-order valence-corrected chi connectivity index (χ3v) is 4.38. The van der Waals surface area contributed by atoms with E-state index < -0.39 is 11.7 Å². The van der Waals surface area contributed by atoms with Crippen molar-refractivity contribution in [2.24, 2.45) is 0 Å². The van der Waals surface area contributed by atoms with E-state index >= 15 is 0 Å². The van der Waals surface area contributed by atoms with E-state index in [2.05, 4.69) is 9.97 Å². The highest BCUT2D eigenvalue weighted by Crippen LogP contribution is 2.35. The van der Waals surface area contributed by atoms with E-state index in [0.29, 0.717) is 32.1 Å². The van der Waals surface area contributed by atoms with Crippen molar-refractivity contribution in [3.05, 3.63) is 36.0 Å². The number of alkyl halides is 3. The van der Waals surface area contributed by atoms with Crippen molar-refractivity contribution in [2.45, 2.75) is 6.18 Å². The molecule has 8 heteroatoms. The van der Waals surface area contributed by atoms with E-state index in [0.717, 1.165) is 12.3 Å². The van der Waals surface area contributed by atoms with E-state index in [1.165, 1.54) is 18.4 Å². The Labute approximate surface area is 125 Å². The number of aromatic nitrogens is 3. The van der Waals surface area contributed by atoms with Crippen molar-refractivity contribution >= 4 is 37.7 Å². The number of hydrogen-bond donors (Lipinski definition) is 0. The Morgan fingerprint density at radius 2 is 2.00 bits per heavy atom. The molecule has 0 unspecified atom stereocenters. The lowest BCUT2D eigenvalue weighted by Crippen LogP contribution is -2.05. The van der Waals surface area contributed by atoms with E-state index in [1.807, 2.05) is 0 Å². The Morgan fingerprint density at radius 3 is 2.73 bits per heavy atom. The second-order valence-electron chi connectivity index (χ2n) is 4.73. The van der Waals surface area contributed by atoms with E-state index in [-0.39, 0.29) is 0 Å². The summed E-state index contributed by atoms with van der Waals surface area (Å²) in [5, 5.41) is 0. The number of pyridine rings is 1. The van der Waals surface area contributed by atoms with E-state index in [4.69, 9.17) is 4.74 Å². The largest absolute Gasteiger partial charge is 0.497 e. The van der Waals surface area contributed by atoms with Crippen molar-refractivity contribution in [1.82, 2.24) is 14.4 Å². The zero-order chi connectivity index (χ0) is 15.5. The van der Waals surface area contributed by atoms with Crippen molar-refractivity contribution in [3.63, 3.8) is 0 Å². The summed E-state index contributed by atoms with van der Waals surface area (Å²) in [5.74, 6) is 0.619. The first kappa shape index (κ1) is 13.3. The summed E-state index contributed by atoms with van der Waals surface area (Å²) in [5.41, 5.74) is 1.02. The summed E-state index contributed by atoms with van der Waals surface area (Å²) >= 11 is 1.25. The highest BCUT2D eigenvalue weighted by atomic mass is 32.1. The van der Waals surface area contributed by atoms with Crippen LogP contribution in [0.25, 0.3) is 26.3 Å². The zero-order valence-corrected chi connectivity index (χ0v) is 12.0. The van der Waals surface area contributed by atoms with Crippen LogP contribution in [0.5, 0.6) is 5.75 Å². The van der Waals surface area contributed by atoms with E-state index in [1.54, 1.807) is 22.6 Å². The zero-order valence-electron chi connectivity index (χ0n) is 11.2. The minimum absolute atomic E-state index is 0.394. The molecule has 0 spiro atoms. The van der Waals surface area contributed by atoms with Crippen LogP contribution in [0, 0.1) is 0 Å². The average Bonchev–Trinajstić information content (AvgIpc) is 3.00. The highest BCUT2D eigenvalue weighted by molar-refractivity contribution is 7.23. The van der Waals surface area contributed by atoms with E-state index in [9.17, 15) is 13.2 Å². The summed E-state index contributed by atoms with van der Waals surface area (Å²) in [6.45, 7) is 0. The minimum Gasteiger partial charge on any atom is -0.497 e. The molecule has 3 aromatic heterocycles. The van der Waals surface area contributed by atoms with Gasteiger partial charge in [0, 0.05) is 12.3 Å². The molecule has 22 heavy (non-hydrogen) atoms. The first-order valence-corrected chi connectivity index (χ1v) is 7.11. The van der Waals surface area contributed by atoms with Crippen molar-refractivity contribution in [2.75, 3.05) is 7.11 Å². The van der Waals surface area contributed by atoms with Gasteiger partial charge in [0.25, 0.3) is 0 Å². The predicted octanol–water partition coefficient (Wildman–Crippen LogP) is 4.12. The molecule has 0 bridgehead atoms. The summed E-state index contributed by atoms with van der Waals surface area (Å²) in [6, 6.07) is 6.40. The number of ether oxygens (including phenoxy) is 1. The van der Waals surface area contributed by atoms with Gasteiger partial charge in [-0.15, -0.1) is 0 Å². The van der Waals surface area contributed by atoms with Crippen LogP contribution < -0.4 is 4.74 Å². The fraction of sp³-hybridized carbons (Fsp3) is 0.143. The molecule has 112 valence electrons. The standard InChI is InChI=1S/C14H8F3N3OS/c1-21-8-2-3-9-10(5-8)20-11-4-7(14(15,16)17)6-18-12(11)22-13(20)19-9/h2-6H,1H3. The lowest BCUT2D eigenvalue weighted by molar-refractivity contribution is -0.137. The predicted molar refractivity (Wildman–Crippen MR) is 77.4 cm³/mol. The number of imidazole rings is 1. The number of rotatable bonds is 1. The van der Waals surface area contributed by atoms with Gasteiger partial charge in [-0.2, -0.15) is 13.2 Å². The third-order valence-electron chi connectivity index (χ3n) is 3.42. The molecule has 0 N–H and O–H groups in total. The van der Waals surface area contributed by atoms with Gasteiger partial charge in [-0.3, -0.25) is 4.40 Å². The quantitative estimate of drug-likeness (QED) is 0.529. The third kappa shape index (κ3) is 1.83. The Kier molecular flexibility index (Phi) is 2.62. The fourth-order valence-corrected chi connectivity index (χ4v) is 3.35. The monoisotopic (exact) mass is 323 g/mol. The SMILES string of the molecule is COc1ccc2nc3sc4ncc(C(F)(F)F)cc4n3c2c1. The lowest BCUT2D eigenvalue weighted by Gasteiger charge is -2.05. The number of fused-ring (bicyclic) bond motifs is 5. The van der Waals surface area contributed by atoms with Gasteiger partial charge in [0.2, 0.25) is 0 Å². The van der Waals surface area contributed by atoms with Crippen LogP contribution in [0.3, 0.4) is 0 Å². The van der Waals surface area contributed by atoms with Gasteiger partial charge >= 0.3 is 6.18 Å². The Morgan fingerprint density at radius 1 is 1.18 bits per heavy atom. The molecule has 0 atom stereocenters. The maximum absolute atomic E-state index is 12.9. The Balaban J connectivity index is 2.12. The maximum Gasteiger partial charge on any atom is 0.417 e. The molecule has 3 heterocycles. The topological polar surface area (TPSA) is 39.4 Å². The number of nitrogens with zero attached hydrogens (tertiary/aromatic N) is 3. The molecule has 4 aromatic rings. The summed E-state index contributed by atoms with van der Waals surface area (Å²) in [6.07, 6.45) is -3.58. The minimum atomic E-state index is -4.43. The van der Waals surface area contributed by atoms with Crippen LogP contribution in [0.15, 0.2) is 30.5 Å². The number of halogens is 3. The van der Waals surface area contributed by atoms with Gasteiger partial charge in [0.1, 0.15) is 10.6 Å². The smallest absolute Gasteiger partial charge is 0.417 e. The highest BCUT2D eigenvalue weighted by Gasteiger charge is 2.31. The first-order valence-electron chi connectivity index (χ1n) is 6.29. The number of benzene rings is 1. The van der Waals surface area contributed by atoms with Gasteiger partial charge in [0.15, 0.2) is 4.96 Å². The van der Waals surface area contributed by atoms with Crippen LogP contribution >= 0.6 is 11.3 Å². The van der Waals surface area contributed by atoms with Crippen LogP contribution in [-0.2, 0) is 6.18 Å². The van der Waals surface area contributed by atoms with Crippen LogP contribution in [-0.4, -0.2) is 21.5 Å². The van der Waals surface area contributed by atoms with Gasteiger partial charge in [-0.05, 0) is 18.2 Å². The summed E-state index contributed by atoms with van der Waals surface area (Å²) < 4.78 is 45.6. The maximum atomic E-state index is 12.9. The second kappa shape index (κ2) is 4.33. The Hall–Kier alpha value is -2.35. The molecular weight excluding hydrogens is 315 g/mol. The number of methoxy groups -OCH3 is 1. The molecule has 1 aromatic carbocycles. The van der Waals surface area contributed by atoms with Crippen LogP contribution in [0.1, 0.15) is 5.56 Å². The molecule has 4 nitrogen and oxygen atoms in total. The second-order valence-corrected chi connectivity index (χ2v) is 5.69. The summed E-state index contributed by atoms with van der Waals surface area (Å²) in [4.78, 5) is 9.45. The molecule has 0 saturated carbocycles. The number of hydrogen-bond acceptors (Lipinski definition) is 4. The molecule has 0 radical (unpaired) electrons. The van der Waals surface area contributed by atoms with Gasteiger partial charge in [0.05, 0.1) is 29.2 Å². The van der Waals surface area contributed by atoms with Crippen molar-refractivity contribution in [1.29, 1.82) is 0 Å². The van der Waals surface area contributed by atoms with Crippen LogP contribution in [0.2, 0.25) is 0 Å². The molecule has 0 fully saturated rings.